The quantitative estimate of drug-likeness (QED) is 0.675. The summed E-state index contributed by atoms with van der Waals surface area (Å²) in [6, 6.07) is 4.31. The number of halogens is 2. The molecule has 0 atom stereocenters. The van der Waals surface area contributed by atoms with Crippen molar-refractivity contribution in [1.29, 1.82) is 0 Å². The Morgan fingerprint density at radius 3 is 2.39 bits per heavy atom. The summed E-state index contributed by atoms with van der Waals surface area (Å²) in [6.07, 6.45) is -3.08. The molecule has 4 nitrogen and oxygen atoms in total. The molecule has 7 heteroatoms. The van der Waals surface area contributed by atoms with Gasteiger partial charge in [-0.3, -0.25) is 4.79 Å². The van der Waals surface area contributed by atoms with Crippen LogP contribution in [0.4, 0.5) is 20.2 Å². The van der Waals surface area contributed by atoms with Crippen molar-refractivity contribution in [3.63, 3.8) is 0 Å². The Bertz CT molecular complexity index is 514. The van der Waals surface area contributed by atoms with Gasteiger partial charge in [-0.1, -0.05) is 0 Å². The Kier molecular flexibility index (Phi) is 4.12. The molecule has 0 bridgehead atoms. The van der Waals surface area contributed by atoms with Crippen LogP contribution in [0, 0.1) is 0 Å². The SMILES string of the molecule is CN(C(=O)C(F)F)c1ccc(N)c(P(C)(C)=O)c1. The number of anilines is 2. The highest BCUT2D eigenvalue weighted by molar-refractivity contribution is 7.70. The fourth-order valence-electron chi connectivity index (χ4n) is 1.48. The van der Waals surface area contributed by atoms with E-state index in [2.05, 4.69) is 0 Å². The fraction of sp³-hybridized carbons (Fsp3) is 0.364. The maximum atomic E-state index is 12.3. The van der Waals surface area contributed by atoms with E-state index in [0.717, 1.165) is 4.90 Å². The lowest BCUT2D eigenvalue weighted by Gasteiger charge is -2.19. The van der Waals surface area contributed by atoms with Crippen molar-refractivity contribution in [3.8, 4) is 0 Å². The molecule has 0 aromatic heterocycles. The number of rotatable bonds is 3. The largest absolute Gasteiger partial charge is 0.398 e. The summed E-state index contributed by atoms with van der Waals surface area (Å²) in [5.74, 6) is -1.31. The van der Waals surface area contributed by atoms with Crippen LogP contribution >= 0.6 is 7.14 Å². The zero-order valence-corrected chi connectivity index (χ0v) is 11.2. The van der Waals surface area contributed by atoms with Crippen molar-refractivity contribution in [3.05, 3.63) is 18.2 Å². The normalized spacial score (nSPS) is 11.7. The Balaban J connectivity index is 3.21. The highest BCUT2D eigenvalue weighted by Gasteiger charge is 2.23. The third-order valence-electron chi connectivity index (χ3n) is 2.50. The first-order valence-corrected chi connectivity index (χ1v) is 7.75. The summed E-state index contributed by atoms with van der Waals surface area (Å²) in [5, 5.41) is 0.383. The number of amides is 1. The molecule has 0 heterocycles. The zero-order valence-electron chi connectivity index (χ0n) is 10.4. The average Bonchev–Trinajstić information content (AvgIpc) is 2.26. The molecule has 18 heavy (non-hydrogen) atoms. The number of carbonyl (C=O) groups excluding carboxylic acids is 1. The van der Waals surface area contributed by atoms with Gasteiger partial charge in [0, 0.05) is 23.7 Å². The standard InChI is InChI=1S/C11H15F2N2O2P/c1-15(11(16)10(12)13)7-4-5-8(14)9(6-7)18(2,3)17/h4-6,10H,14H2,1-3H3. The molecule has 0 radical (unpaired) electrons. The third kappa shape index (κ3) is 3.07. The molecule has 0 aliphatic rings. The monoisotopic (exact) mass is 276 g/mol. The van der Waals surface area contributed by atoms with Gasteiger partial charge in [0.1, 0.15) is 7.14 Å². The van der Waals surface area contributed by atoms with E-state index in [1.54, 1.807) is 0 Å². The van der Waals surface area contributed by atoms with Crippen LogP contribution in [0.5, 0.6) is 0 Å². The van der Waals surface area contributed by atoms with E-state index in [1.165, 1.54) is 38.6 Å². The Hall–Kier alpha value is -1.42. The molecule has 1 aromatic carbocycles. The van der Waals surface area contributed by atoms with Gasteiger partial charge in [-0.2, -0.15) is 8.78 Å². The first-order valence-electron chi connectivity index (χ1n) is 5.15. The smallest absolute Gasteiger partial charge is 0.316 e. The third-order valence-corrected chi connectivity index (χ3v) is 4.05. The highest BCUT2D eigenvalue weighted by atomic mass is 31.2. The van der Waals surface area contributed by atoms with Gasteiger partial charge in [-0.15, -0.1) is 0 Å². The maximum Gasteiger partial charge on any atom is 0.316 e. The van der Waals surface area contributed by atoms with Gasteiger partial charge in [-0.25, -0.2) is 0 Å². The van der Waals surface area contributed by atoms with Crippen LogP contribution in [0.2, 0.25) is 0 Å². The molecule has 0 spiro atoms. The van der Waals surface area contributed by atoms with Crippen LogP contribution in [-0.4, -0.2) is 32.7 Å². The maximum absolute atomic E-state index is 12.3. The van der Waals surface area contributed by atoms with Crippen molar-refractivity contribution in [2.45, 2.75) is 6.43 Å². The van der Waals surface area contributed by atoms with E-state index in [4.69, 9.17) is 5.73 Å². The molecular formula is C11H15F2N2O2P. The van der Waals surface area contributed by atoms with E-state index in [9.17, 15) is 18.1 Å². The Morgan fingerprint density at radius 2 is 1.94 bits per heavy atom. The molecule has 1 rings (SSSR count). The van der Waals surface area contributed by atoms with Crippen molar-refractivity contribution in [1.82, 2.24) is 0 Å². The van der Waals surface area contributed by atoms with Gasteiger partial charge in [0.2, 0.25) is 0 Å². The highest BCUT2D eigenvalue weighted by Crippen LogP contribution is 2.38. The molecule has 0 fully saturated rings. The van der Waals surface area contributed by atoms with Crippen molar-refractivity contribution in [2.75, 3.05) is 31.0 Å². The van der Waals surface area contributed by atoms with Crippen LogP contribution in [0.25, 0.3) is 0 Å². The zero-order chi connectivity index (χ0) is 14.1. The van der Waals surface area contributed by atoms with Gasteiger partial charge in [-0.05, 0) is 31.5 Å². The number of nitrogens with two attached hydrogens (primary N) is 1. The molecular weight excluding hydrogens is 261 g/mol. The number of nitrogen functional groups attached to an aromatic ring is 1. The predicted molar refractivity (Wildman–Crippen MR) is 69.4 cm³/mol. The first kappa shape index (κ1) is 14.6. The number of hydrogen-bond acceptors (Lipinski definition) is 3. The van der Waals surface area contributed by atoms with Crippen LogP contribution in [0.1, 0.15) is 0 Å². The van der Waals surface area contributed by atoms with Crippen molar-refractivity contribution >= 4 is 29.7 Å². The van der Waals surface area contributed by atoms with Gasteiger partial charge in [0.05, 0.1) is 0 Å². The molecule has 0 aliphatic heterocycles. The first-order chi connectivity index (χ1) is 8.14. The van der Waals surface area contributed by atoms with Crippen LogP contribution in [0.3, 0.4) is 0 Å². The van der Waals surface area contributed by atoms with E-state index >= 15 is 0 Å². The molecule has 2 N–H and O–H groups in total. The molecule has 0 saturated heterocycles. The predicted octanol–water partition coefficient (Wildman–Crippen LogP) is 1.74. The lowest BCUT2D eigenvalue weighted by Crippen LogP contribution is -2.32. The van der Waals surface area contributed by atoms with Crippen LogP contribution in [0.15, 0.2) is 18.2 Å². The summed E-state index contributed by atoms with van der Waals surface area (Å²) >= 11 is 0. The summed E-state index contributed by atoms with van der Waals surface area (Å²) in [6.45, 7) is 3.05. The second-order valence-electron chi connectivity index (χ2n) is 4.29. The van der Waals surface area contributed by atoms with E-state index < -0.39 is 19.5 Å². The van der Waals surface area contributed by atoms with Crippen molar-refractivity contribution in [2.24, 2.45) is 0 Å². The second kappa shape index (κ2) is 5.06. The second-order valence-corrected chi connectivity index (χ2v) is 7.48. The minimum absolute atomic E-state index is 0.244. The van der Waals surface area contributed by atoms with Crippen molar-refractivity contribution < 1.29 is 18.1 Å². The van der Waals surface area contributed by atoms with E-state index in [-0.39, 0.29) is 5.69 Å². The average molecular weight is 276 g/mol. The number of carbonyl (C=O) groups is 1. The van der Waals surface area contributed by atoms with Gasteiger partial charge in [0.25, 0.3) is 5.91 Å². The minimum Gasteiger partial charge on any atom is -0.398 e. The number of nitrogens with zero attached hydrogens (tertiary/aromatic N) is 1. The summed E-state index contributed by atoms with van der Waals surface area (Å²) in [4.78, 5) is 12.0. The lowest BCUT2D eigenvalue weighted by molar-refractivity contribution is -0.128. The molecule has 1 amide bonds. The van der Waals surface area contributed by atoms with Crippen LogP contribution in [-0.2, 0) is 9.36 Å². The number of alkyl halides is 2. The minimum atomic E-state index is -3.08. The number of hydrogen-bond donors (Lipinski definition) is 1. The van der Waals surface area contributed by atoms with Gasteiger partial charge < -0.3 is 15.2 Å². The molecule has 1 aromatic rings. The number of benzene rings is 1. The molecule has 100 valence electrons. The molecule has 0 aliphatic carbocycles. The summed E-state index contributed by atoms with van der Waals surface area (Å²) in [7, 11) is -1.39. The van der Waals surface area contributed by atoms with E-state index in [0.29, 0.717) is 11.0 Å². The summed E-state index contributed by atoms with van der Waals surface area (Å²) < 4.78 is 36.6. The fourth-order valence-corrected chi connectivity index (χ4v) is 2.62. The van der Waals surface area contributed by atoms with Crippen LogP contribution < -0.4 is 15.9 Å². The lowest BCUT2D eigenvalue weighted by atomic mass is 10.2. The Labute approximate surface area is 104 Å². The van der Waals surface area contributed by atoms with Gasteiger partial charge >= 0.3 is 6.43 Å². The van der Waals surface area contributed by atoms with E-state index in [1.807, 2.05) is 0 Å². The van der Waals surface area contributed by atoms with Gasteiger partial charge in [0.15, 0.2) is 0 Å². The molecule has 0 unspecified atom stereocenters. The topological polar surface area (TPSA) is 63.4 Å². The summed E-state index contributed by atoms with van der Waals surface area (Å²) in [5.41, 5.74) is 6.26. The Morgan fingerprint density at radius 1 is 1.39 bits per heavy atom. The molecule has 0 saturated carbocycles.